The van der Waals surface area contributed by atoms with Gasteiger partial charge in [-0.1, -0.05) is 60.7 Å². The van der Waals surface area contributed by atoms with Crippen molar-refractivity contribution in [2.75, 3.05) is 7.11 Å². The normalized spacial score (nSPS) is 11.7. The molecule has 0 saturated heterocycles. The fraction of sp³-hybridized carbons (Fsp3) is 0.0952. The molecule has 3 rings (SSSR count). The lowest BCUT2D eigenvalue weighted by Gasteiger charge is -2.16. The van der Waals surface area contributed by atoms with Gasteiger partial charge in [0.1, 0.15) is 5.75 Å². The lowest BCUT2D eigenvalue weighted by molar-refractivity contribution is 0.0989. The number of carbonyl (C=O) groups excluding carboxylic acids is 1. The summed E-state index contributed by atoms with van der Waals surface area (Å²) in [4.78, 5) is 14.1. The summed E-state index contributed by atoms with van der Waals surface area (Å²) in [6.45, 7) is 0. The smallest absolute Gasteiger partial charge is 0.180 e. The van der Waals surface area contributed by atoms with Gasteiger partial charge in [0.15, 0.2) is 5.78 Å². The fourth-order valence-corrected chi connectivity index (χ4v) is 3.56. The predicted molar refractivity (Wildman–Crippen MR) is 98.8 cm³/mol. The quantitative estimate of drug-likeness (QED) is 0.445. The highest BCUT2D eigenvalue weighted by Gasteiger charge is 2.23. The molecule has 2 nitrogen and oxygen atoms in total. The summed E-state index contributed by atoms with van der Waals surface area (Å²) >= 11 is 1.57. The topological polar surface area (TPSA) is 26.3 Å². The number of carbonyl (C=O) groups is 1. The monoisotopic (exact) mass is 334 g/mol. The first-order valence-corrected chi connectivity index (χ1v) is 8.61. The molecule has 0 aromatic heterocycles. The molecule has 0 aliphatic carbocycles. The van der Waals surface area contributed by atoms with Gasteiger partial charge in [0, 0.05) is 10.5 Å². The van der Waals surface area contributed by atoms with Crippen molar-refractivity contribution in [3.63, 3.8) is 0 Å². The summed E-state index contributed by atoms with van der Waals surface area (Å²) in [6, 6.07) is 27.2. The van der Waals surface area contributed by atoms with E-state index in [1.165, 1.54) is 0 Å². The molecule has 0 spiro atoms. The fourth-order valence-electron chi connectivity index (χ4n) is 2.44. The van der Waals surface area contributed by atoms with Gasteiger partial charge in [0.25, 0.3) is 0 Å². The lowest BCUT2D eigenvalue weighted by Crippen LogP contribution is -2.10. The maximum Gasteiger partial charge on any atom is 0.180 e. The third-order valence-electron chi connectivity index (χ3n) is 3.71. The molecule has 0 saturated carbocycles. The van der Waals surface area contributed by atoms with Crippen molar-refractivity contribution in [3.8, 4) is 5.75 Å². The molecule has 24 heavy (non-hydrogen) atoms. The van der Waals surface area contributed by atoms with Crippen LogP contribution in [0, 0.1) is 0 Å². The molecule has 3 aromatic carbocycles. The van der Waals surface area contributed by atoms with Crippen molar-refractivity contribution in [1.82, 2.24) is 0 Å². The Morgan fingerprint density at radius 1 is 0.833 bits per heavy atom. The van der Waals surface area contributed by atoms with E-state index < -0.39 is 0 Å². The van der Waals surface area contributed by atoms with E-state index >= 15 is 0 Å². The van der Waals surface area contributed by atoms with Gasteiger partial charge in [-0.15, -0.1) is 11.8 Å². The maximum absolute atomic E-state index is 13.1. The Hall–Kier alpha value is -2.52. The third-order valence-corrected chi connectivity index (χ3v) is 4.98. The van der Waals surface area contributed by atoms with Gasteiger partial charge in [-0.3, -0.25) is 4.79 Å². The Bertz CT molecular complexity index is 783. The van der Waals surface area contributed by atoms with E-state index in [0.717, 1.165) is 21.8 Å². The minimum Gasteiger partial charge on any atom is -0.497 e. The van der Waals surface area contributed by atoms with Crippen molar-refractivity contribution >= 4 is 17.5 Å². The summed E-state index contributed by atoms with van der Waals surface area (Å²) in [5.41, 5.74) is 1.69. The van der Waals surface area contributed by atoms with Crippen LogP contribution in [0.1, 0.15) is 21.2 Å². The van der Waals surface area contributed by atoms with Crippen molar-refractivity contribution in [3.05, 3.63) is 96.1 Å². The average Bonchev–Trinajstić information content (AvgIpc) is 2.67. The minimum atomic E-state index is -0.291. The van der Waals surface area contributed by atoms with Crippen LogP contribution < -0.4 is 4.74 Å². The van der Waals surface area contributed by atoms with Gasteiger partial charge in [0.2, 0.25) is 0 Å². The molecule has 0 aliphatic heterocycles. The van der Waals surface area contributed by atoms with Gasteiger partial charge < -0.3 is 4.74 Å². The van der Waals surface area contributed by atoms with Crippen LogP contribution in [-0.4, -0.2) is 12.9 Å². The van der Waals surface area contributed by atoms with E-state index in [4.69, 9.17) is 4.74 Å². The van der Waals surface area contributed by atoms with Crippen LogP contribution in [0.2, 0.25) is 0 Å². The van der Waals surface area contributed by atoms with E-state index in [1.807, 2.05) is 84.9 Å². The van der Waals surface area contributed by atoms with Gasteiger partial charge in [-0.2, -0.15) is 0 Å². The highest BCUT2D eigenvalue weighted by Crippen LogP contribution is 2.38. The van der Waals surface area contributed by atoms with Crippen LogP contribution >= 0.6 is 11.8 Å². The van der Waals surface area contributed by atoms with Crippen LogP contribution in [0.25, 0.3) is 0 Å². The number of benzene rings is 3. The third kappa shape index (κ3) is 3.87. The Morgan fingerprint density at radius 2 is 1.42 bits per heavy atom. The number of thioether (sulfide) groups is 1. The predicted octanol–water partition coefficient (Wildman–Crippen LogP) is 5.41. The first kappa shape index (κ1) is 16.3. The first-order valence-electron chi connectivity index (χ1n) is 7.73. The molecule has 0 fully saturated rings. The summed E-state index contributed by atoms with van der Waals surface area (Å²) < 4.78 is 5.22. The van der Waals surface area contributed by atoms with Gasteiger partial charge in [-0.05, 0) is 29.8 Å². The van der Waals surface area contributed by atoms with Crippen LogP contribution in [-0.2, 0) is 0 Å². The molecule has 3 aromatic rings. The number of rotatable bonds is 6. The number of ether oxygens (including phenoxy) is 1. The van der Waals surface area contributed by atoms with E-state index in [1.54, 1.807) is 18.9 Å². The average molecular weight is 334 g/mol. The molecule has 0 amide bonds. The Balaban J connectivity index is 1.95. The Morgan fingerprint density at radius 3 is 2.00 bits per heavy atom. The van der Waals surface area contributed by atoms with E-state index in [0.29, 0.717) is 0 Å². The molecule has 0 bridgehead atoms. The standard InChI is InChI=1S/C21H18O2S/c1-23-18-14-12-17(13-15-18)21(24-19-10-6-3-7-11-19)20(22)16-8-4-2-5-9-16/h2-15,21H,1H3. The maximum atomic E-state index is 13.1. The van der Waals surface area contributed by atoms with E-state index in [2.05, 4.69) is 0 Å². The molecular weight excluding hydrogens is 316 g/mol. The zero-order valence-corrected chi connectivity index (χ0v) is 14.2. The summed E-state index contributed by atoms with van der Waals surface area (Å²) in [6.07, 6.45) is 0. The van der Waals surface area contributed by atoms with Crippen LogP contribution in [0.3, 0.4) is 0 Å². The lowest BCUT2D eigenvalue weighted by atomic mass is 10.0. The van der Waals surface area contributed by atoms with Crippen molar-refractivity contribution in [1.29, 1.82) is 0 Å². The van der Waals surface area contributed by atoms with Crippen LogP contribution in [0.15, 0.2) is 89.8 Å². The van der Waals surface area contributed by atoms with Gasteiger partial charge >= 0.3 is 0 Å². The molecule has 0 aliphatic rings. The second-order valence-corrected chi connectivity index (χ2v) is 6.49. The van der Waals surface area contributed by atoms with Crippen molar-refractivity contribution in [2.24, 2.45) is 0 Å². The Kier molecular flexibility index (Phi) is 5.34. The minimum absolute atomic E-state index is 0.106. The number of hydrogen-bond acceptors (Lipinski definition) is 3. The zero-order valence-electron chi connectivity index (χ0n) is 13.4. The van der Waals surface area contributed by atoms with Crippen LogP contribution in [0.5, 0.6) is 5.75 Å². The molecule has 1 unspecified atom stereocenters. The van der Waals surface area contributed by atoms with E-state index in [-0.39, 0.29) is 11.0 Å². The molecular formula is C21H18O2S. The zero-order chi connectivity index (χ0) is 16.8. The summed E-state index contributed by atoms with van der Waals surface area (Å²) in [5, 5.41) is -0.291. The first-order chi connectivity index (χ1) is 11.8. The molecule has 0 N–H and O–H groups in total. The van der Waals surface area contributed by atoms with Gasteiger partial charge in [0.05, 0.1) is 12.4 Å². The second-order valence-electron chi connectivity index (χ2n) is 5.31. The highest BCUT2D eigenvalue weighted by molar-refractivity contribution is 8.00. The molecule has 3 heteroatoms. The second kappa shape index (κ2) is 7.84. The largest absolute Gasteiger partial charge is 0.497 e. The van der Waals surface area contributed by atoms with Gasteiger partial charge in [-0.25, -0.2) is 0 Å². The number of methoxy groups -OCH3 is 1. The molecule has 1 atom stereocenters. The van der Waals surface area contributed by atoms with E-state index in [9.17, 15) is 4.79 Å². The van der Waals surface area contributed by atoms with Crippen molar-refractivity contribution < 1.29 is 9.53 Å². The number of hydrogen-bond donors (Lipinski definition) is 0. The molecule has 0 radical (unpaired) electrons. The SMILES string of the molecule is COc1ccc(C(Sc2ccccc2)C(=O)c2ccccc2)cc1. The molecule has 120 valence electrons. The Labute approximate surface area is 146 Å². The number of ketones is 1. The van der Waals surface area contributed by atoms with Crippen molar-refractivity contribution in [2.45, 2.75) is 10.1 Å². The summed E-state index contributed by atoms with van der Waals surface area (Å²) in [7, 11) is 1.64. The summed E-state index contributed by atoms with van der Waals surface area (Å²) in [5.74, 6) is 0.893. The van der Waals surface area contributed by atoms with Crippen LogP contribution in [0.4, 0.5) is 0 Å². The number of Topliss-reactive ketones (excluding diaryl/α,β-unsaturated/α-hetero) is 1. The molecule has 0 heterocycles. The highest BCUT2D eigenvalue weighted by atomic mass is 32.2.